The molecule has 1 aliphatic carbocycles. The Morgan fingerprint density at radius 2 is 2.36 bits per heavy atom. The SMILES string of the molecule is CC(=O)O[C@@H]1[C@@H]2CN=N[C@@H]2C=C[C@@H]1O. The highest BCUT2D eigenvalue weighted by Crippen LogP contribution is 2.29. The summed E-state index contributed by atoms with van der Waals surface area (Å²) >= 11 is 0. The van der Waals surface area contributed by atoms with Gasteiger partial charge in [-0.3, -0.25) is 4.79 Å². The van der Waals surface area contributed by atoms with E-state index in [1.165, 1.54) is 6.92 Å². The Bertz CT molecular complexity index is 300. The number of fused-ring (bicyclic) bond motifs is 1. The molecule has 0 unspecified atom stereocenters. The van der Waals surface area contributed by atoms with Crippen LogP contribution in [-0.4, -0.2) is 35.9 Å². The quantitative estimate of drug-likeness (QED) is 0.484. The molecule has 0 fully saturated rings. The van der Waals surface area contributed by atoms with Crippen LogP contribution in [0.1, 0.15) is 6.92 Å². The second-order valence-corrected chi connectivity index (χ2v) is 3.54. The molecule has 0 bridgehead atoms. The average Bonchev–Trinajstić information content (AvgIpc) is 2.57. The third-order valence-corrected chi connectivity index (χ3v) is 2.51. The maximum Gasteiger partial charge on any atom is 0.303 e. The Hall–Kier alpha value is -1.23. The van der Waals surface area contributed by atoms with Crippen LogP contribution in [0.15, 0.2) is 22.4 Å². The van der Waals surface area contributed by atoms with E-state index in [0.717, 1.165) is 0 Å². The third-order valence-electron chi connectivity index (χ3n) is 2.51. The minimum Gasteiger partial charge on any atom is -0.459 e. The summed E-state index contributed by atoms with van der Waals surface area (Å²) in [4.78, 5) is 10.8. The summed E-state index contributed by atoms with van der Waals surface area (Å²) in [6, 6.07) is -0.0391. The normalized spacial score (nSPS) is 39.6. The topological polar surface area (TPSA) is 71.2 Å². The molecule has 4 atom stereocenters. The molecule has 14 heavy (non-hydrogen) atoms. The fraction of sp³-hybridized carbons (Fsp3) is 0.667. The van der Waals surface area contributed by atoms with Gasteiger partial charge in [0.25, 0.3) is 0 Å². The number of esters is 1. The van der Waals surface area contributed by atoms with E-state index in [9.17, 15) is 9.90 Å². The molecule has 1 N–H and O–H groups in total. The number of nitrogens with zero attached hydrogens (tertiary/aromatic N) is 2. The molecule has 0 aromatic carbocycles. The van der Waals surface area contributed by atoms with Gasteiger partial charge in [-0.2, -0.15) is 10.2 Å². The van der Waals surface area contributed by atoms with Gasteiger partial charge in [0, 0.05) is 12.8 Å². The summed E-state index contributed by atoms with van der Waals surface area (Å²) in [7, 11) is 0. The van der Waals surface area contributed by atoms with Crippen molar-refractivity contribution in [1.29, 1.82) is 0 Å². The van der Waals surface area contributed by atoms with Gasteiger partial charge < -0.3 is 9.84 Å². The highest BCUT2D eigenvalue weighted by atomic mass is 16.6. The molecule has 1 aliphatic heterocycles. The fourth-order valence-corrected chi connectivity index (χ4v) is 1.85. The van der Waals surface area contributed by atoms with Gasteiger partial charge in [-0.05, 0) is 0 Å². The molecular formula is C9H12N2O3. The number of aliphatic hydroxyl groups is 1. The van der Waals surface area contributed by atoms with Gasteiger partial charge in [0.1, 0.15) is 12.2 Å². The molecule has 0 aromatic rings. The zero-order chi connectivity index (χ0) is 10.1. The molecule has 0 amide bonds. The number of ether oxygens (including phenoxy) is 1. The smallest absolute Gasteiger partial charge is 0.303 e. The number of aliphatic hydroxyl groups excluding tert-OH is 1. The van der Waals surface area contributed by atoms with E-state index < -0.39 is 12.2 Å². The summed E-state index contributed by atoms with van der Waals surface area (Å²) < 4.78 is 5.06. The second kappa shape index (κ2) is 3.49. The van der Waals surface area contributed by atoms with Crippen LogP contribution in [0.5, 0.6) is 0 Å². The van der Waals surface area contributed by atoms with Crippen LogP contribution in [0.3, 0.4) is 0 Å². The molecule has 0 saturated carbocycles. The summed E-state index contributed by atoms with van der Waals surface area (Å²) in [5.74, 6) is -0.381. The maximum atomic E-state index is 10.8. The van der Waals surface area contributed by atoms with E-state index in [2.05, 4.69) is 10.2 Å². The first-order chi connectivity index (χ1) is 6.68. The van der Waals surface area contributed by atoms with Crippen LogP contribution in [0, 0.1) is 5.92 Å². The van der Waals surface area contributed by atoms with Gasteiger partial charge in [-0.15, -0.1) is 0 Å². The van der Waals surface area contributed by atoms with Crippen molar-refractivity contribution in [3.63, 3.8) is 0 Å². The Kier molecular flexibility index (Phi) is 2.33. The van der Waals surface area contributed by atoms with Gasteiger partial charge in [0.2, 0.25) is 0 Å². The highest BCUT2D eigenvalue weighted by Gasteiger charge is 2.40. The van der Waals surface area contributed by atoms with E-state index in [1.807, 2.05) is 6.08 Å². The first-order valence-electron chi connectivity index (χ1n) is 4.58. The fourth-order valence-electron chi connectivity index (χ4n) is 1.85. The lowest BCUT2D eigenvalue weighted by Crippen LogP contribution is -2.43. The minimum absolute atomic E-state index is 0.00102. The first-order valence-corrected chi connectivity index (χ1v) is 4.58. The van der Waals surface area contributed by atoms with Crippen molar-refractivity contribution in [1.82, 2.24) is 0 Å². The Balaban J connectivity index is 2.14. The first kappa shape index (κ1) is 9.33. The number of rotatable bonds is 1. The van der Waals surface area contributed by atoms with Crippen LogP contribution in [-0.2, 0) is 9.53 Å². The zero-order valence-electron chi connectivity index (χ0n) is 7.83. The molecule has 5 nitrogen and oxygen atoms in total. The lowest BCUT2D eigenvalue weighted by Gasteiger charge is -2.30. The van der Waals surface area contributed by atoms with E-state index in [4.69, 9.17) is 4.74 Å². The van der Waals surface area contributed by atoms with Crippen molar-refractivity contribution in [2.75, 3.05) is 6.54 Å². The van der Waals surface area contributed by atoms with Gasteiger partial charge >= 0.3 is 5.97 Å². The minimum atomic E-state index is -0.733. The summed E-state index contributed by atoms with van der Waals surface area (Å²) in [5, 5.41) is 17.5. The van der Waals surface area contributed by atoms with Crippen molar-refractivity contribution in [3.05, 3.63) is 12.2 Å². The Labute approximate surface area is 81.5 Å². The lowest BCUT2D eigenvalue weighted by molar-refractivity contribution is -0.154. The number of carbonyl (C=O) groups excluding carboxylic acids is 1. The van der Waals surface area contributed by atoms with Gasteiger partial charge in [-0.1, -0.05) is 12.2 Å². The monoisotopic (exact) mass is 196 g/mol. The molecule has 0 saturated heterocycles. The lowest BCUT2D eigenvalue weighted by atomic mass is 9.86. The van der Waals surface area contributed by atoms with Crippen molar-refractivity contribution < 1.29 is 14.6 Å². The number of hydrogen-bond donors (Lipinski definition) is 1. The highest BCUT2D eigenvalue weighted by molar-refractivity contribution is 5.66. The molecule has 5 heteroatoms. The van der Waals surface area contributed by atoms with Crippen molar-refractivity contribution in [2.24, 2.45) is 16.1 Å². The second-order valence-electron chi connectivity index (χ2n) is 3.54. The van der Waals surface area contributed by atoms with Crippen molar-refractivity contribution in [2.45, 2.75) is 25.2 Å². The van der Waals surface area contributed by atoms with Crippen molar-refractivity contribution >= 4 is 5.97 Å². The number of carbonyl (C=O) groups is 1. The van der Waals surface area contributed by atoms with E-state index >= 15 is 0 Å². The third kappa shape index (κ3) is 1.55. The number of hydrogen-bond acceptors (Lipinski definition) is 5. The van der Waals surface area contributed by atoms with Crippen LogP contribution in [0.4, 0.5) is 0 Å². The zero-order valence-corrected chi connectivity index (χ0v) is 7.83. The van der Waals surface area contributed by atoms with Gasteiger partial charge in [0.05, 0.1) is 12.6 Å². The van der Waals surface area contributed by atoms with Crippen LogP contribution in [0.25, 0.3) is 0 Å². The predicted molar refractivity (Wildman–Crippen MR) is 47.7 cm³/mol. The Morgan fingerprint density at radius 1 is 1.57 bits per heavy atom. The maximum absolute atomic E-state index is 10.8. The predicted octanol–water partition coefficient (Wildman–Crippen LogP) is 0.299. The van der Waals surface area contributed by atoms with Crippen molar-refractivity contribution in [3.8, 4) is 0 Å². The van der Waals surface area contributed by atoms with Crippen LogP contribution in [0.2, 0.25) is 0 Å². The summed E-state index contributed by atoms with van der Waals surface area (Å²) in [5.41, 5.74) is 0. The molecule has 0 radical (unpaired) electrons. The molecule has 2 rings (SSSR count). The molecule has 1 heterocycles. The average molecular weight is 196 g/mol. The molecular weight excluding hydrogens is 184 g/mol. The molecule has 0 spiro atoms. The van der Waals surface area contributed by atoms with Gasteiger partial charge in [-0.25, -0.2) is 0 Å². The summed E-state index contributed by atoms with van der Waals surface area (Å²) in [6.07, 6.45) is 2.19. The summed E-state index contributed by atoms with van der Waals surface area (Å²) in [6.45, 7) is 1.85. The molecule has 2 aliphatic rings. The Morgan fingerprint density at radius 3 is 3.07 bits per heavy atom. The van der Waals surface area contributed by atoms with E-state index in [1.54, 1.807) is 6.08 Å². The van der Waals surface area contributed by atoms with Crippen LogP contribution < -0.4 is 0 Å². The van der Waals surface area contributed by atoms with E-state index in [0.29, 0.717) is 6.54 Å². The largest absolute Gasteiger partial charge is 0.459 e. The number of azo groups is 1. The molecule has 0 aromatic heterocycles. The van der Waals surface area contributed by atoms with E-state index in [-0.39, 0.29) is 17.9 Å². The molecule has 76 valence electrons. The standard InChI is InChI=1S/C9H12N2O3/c1-5(12)14-9-6-4-10-11-7(6)2-3-8(9)13/h2-3,6-9,13H,4H2,1H3/t6-,7-,8+,9-/m1/s1. The van der Waals surface area contributed by atoms with Crippen LogP contribution >= 0.6 is 0 Å². The van der Waals surface area contributed by atoms with Gasteiger partial charge in [0.15, 0.2) is 0 Å².